The van der Waals surface area contributed by atoms with Crippen molar-refractivity contribution in [3.8, 4) is 0 Å². The van der Waals surface area contributed by atoms with Crippen LogP contribution < -0.4 is 0 Å². The summed E-state index contributed by atoms with van der Waals surface area (Å²) in [5.41, 5.74) is 7.55. The van der Waals surface area contributed by atoms with Gasteiger partial charge >= 0.3 is 0 Å². The van der Waals surface area contributed by atoms with E-state index in [2.05, 4.69) is 259 Å². The number of hydrogen-bond acceptors (Lipinski definition) is 12. The molecule has 0 aromatic carbocycles. The van der Waals surface area contributed by atoms with E-state index in [1.807, 2.05) is 34.2 Å². The van der Waals surface area contributed by atoms with Gasteiger partial charge in [0.2, 0.25) is 0 Å². The van der Waals surface area contributed by atoms with Crippen molar-refractivity contribution in [2.24, 2.45) is 71.0 Å². The molecule has 118 heavy (non-hydrogen) atoms. The van der Waals surface area contributed by atoms with E-state index in [0.29, 0.717) is 0 Å². The third-order valence-corrected chi connectivity index (χ3v) is 22.3. The summed E-state index contributed by atoms with van der Waals surface area (Å²) in [5.74, 6) is 9.61. The Morgan fingerprint density at radius 1 is 0.186 bits per heavy atom. The van der Waals surface area contributed by atoms with E-state index < -0.39 is 0 Å². The summed E-state index contributed by atoms with van der Waals surface area (Å²) in [6.07, 6.45) is 71.5. The quantitative estimate of drug-likeness (QED) is 0.0330. The second-order valence-electron chi connectivity index (χ2n) is 40.3. The maximum atomic E-state index is 4.24. The van der Waals surface area contributed by atoms with Crippen LogP contribution in [0.5, 0.6) is 0 Å². The molecule has 18 heteroatoms. The minimum Gasteiger partial charge on any atom is -0.252 e. The molecule has 0 unspecified atom stereocenters. The van der Waals surface area contributed by atoms with Gasteiger partial charge in [-0.2, -0.15) is 0 Å². The molecule has 0 spiro atoms. The minimum atomic E-state index is 0.730. The predicted octanol–water partition coefficient (Wildman–Crippen LogP) is 28.4. The van der Waals surface area contributed by atoms with Crippen LogP contribution in [0.1, 0.15) is 457 Å². The molecule has 0 amide bonds. The number of rotatable bonds is 64. The summed E-state index contributed by atoms with van der Waals surface area (Å²) in [6.45, 7) is 61.0. The second-order valence-corrected chi connectivity index (χ2v) is 40.3. The van der Waals surface area contributed by atoms with Gasteiger partial charge in [-0.25, -0.2) is 18.7 Å². The lowest BCUT2D eigenvalue weighted by atomic mass is 10.0. The molecular weight excluding hydrogens is 1450 g/mol. The van der Waals surface area contributed by atoms with E-state index in [1.165, 1.54) is 280 Å². The third-order valence-electron chi connectivity index (χ3n) is 22.3. The molecule has 6 aromatic rings. The Morgan fingerprint density at radius 3 is 0.627 bits per heavy atom. The Kier molecular flexibility index (Phi) is 68.9. The maximum absolute atomic E-state index is 4.24. The van der Waals surface area contributed by atoms with Gasteiger partial charge in [0.1, 0.15) is 0 Å². The lowest BCUT2D eigenvalue weighted by molar-refractivity contribution is 0.462. The van der Waals surface area contributed by atoms with Crippen LogP contribution in [0, 0.1) is 71.0 Å². The molecule has 0 saturated heterocycles. The Hall–Kier alpha value is -5.16. The number of hydrogen-bond donors (Lipinski definition) is 0. The molecule has 0 aliphatic heterocycles. The van der Waals surface area contributed by atoms with Gasteiger partial charge in [0.15, 0.2) is 0 Å². The van der Waals surface area contributed by atoms with Crippen molar-refractivity contribution in [3.63, 3.8) is 0 Å². The van der Waals surface area contributed by atoms with E-state index in [4.69, 9.17) is 0 Å². The standard InChI is InChI=1S/4C17H33N3.2C16H31N3/c2*1-15(2)10-7-5-6-8-12-17-14-18-19-20(17)13-9-11-16(3)4;2*1-15(2)10-8-6-5-7-9-11-17-14-18-19-20(17)13-12-16(3)4;2*1-14(2)9-7-5-6-8-12-19-13-16(17-18-19)11-10-15(3)4/h4*14-16H,5-13H2,1-4H3;2*13-15H,5-12H2,1-4H3. The smallest absolute Gasteiger partial charge is 0.0827 e. The molecule has 684 valence electrons. The zero-order chi connectivity index (χ0) is 87.4. The van der Waals surface area contributed by atoms with Crippen molar-refractivity contribution in [2.75, 3.05) is 0 Å². The van der Waals surface area contributed by atoms with Crippen molar-refractivity contribution in [1.29, 1.82) is 0 Å². The van der Waals surface area contributed by atoms with E-state index in [0.717, 1.165) is 160 Å². The van der Waals surface area contributed by atoms with Gasteiger partial charge in [-0.3, -0.25) is 9.36 Å². The first kappa shape index (κ1) is 111. The second kappa shape index (κ2) is 73.4. The summed E-state index contributed by atoms with van der Waals surface area (Å²) < 4.78 is 12.4. The van der Waals surface area contributed by atoms with Crippen molar-refractivity contribution >= 4 is 0 Å². The highest BCUT2D eigenvalue weighted by Crippen LogP contribution is 2.20. The summed E-state index contributed by atoms with van der Waals surface area (Å²) in [4.78, 5) is 0. The first-order valence-electron chi connectivity index (χ1n) is 49.8. The van der Waals surface area contributed by atoms with Crippen LogP contribution in [0.4, 0.5) is 0 Å². The lowest BCUT2D eigenvalue weighted by Gasteiger charge is -2.08. The average molecular weight is 1650 g/mol. The molecule has 6 aromatic heterocycles. The van der Waals surface area contributed by atoms with Gasteiger partial charge < -0.3 is 0 Å². The van der Waals surface area contributed by atoms with Gasteiger partial charge in [0.05, 0.1) is 59.0 Å². The highest BCUT2D eigenvalue weighted by Gasteiger charge is 2.12. The molecule has 18 nitrogen and oxygen atoms in total. The van der Waals surface area contributed by atoms with E-state index in [1.54, 1.807) is 0 Å². The molecule has 0 fully saturated rings. The molecule has 6 heterocycles. The highest BCUT2D eigenvalue weighted by molar-refractivity contribution is 4.98. The van der Waals surface area contributed by atoms with Crippen molar-refractivity contribution in [3.05, 3.63) is 71.3 Å². The Balaban J connectivity index is 0.000000708. The van der Waals surface area contributed by atoms with Crippen molar-refractivity contribution in [1.82, 2.24) is 90.0 Å². The fourth-order valence-corrected chi connectivity index (χ4v) is 14.3. The first-order chi connectivity index (χ1) is 56.5. The predicted molar refractivity (Wildman–Crippen MR) is 505 cm³/mol. The zero-order valence-electron chi connectivity index (χ0n) is 82.2. The van der Waals surface area contributed by atoms with Crippen molar-refractivity contribution < 1.29 is 0 Å². The van der Waals surface area contributed by atoms with Gasteiger partial charge in [0.25, 0.3) is 0 Å². The molecular formula is C100H194N18. The maximum Gasteiger partial charge on any atom is 0.0827 e. The number of nitrogens with zero attached hydrogens (tertiary/aromatic N) is 18. The van der Waals surface area contributed by atoms with E-state index in [-0.39, 0.29) is 0 Å². The van der Waals surface area contributed by atoms with Crippen LogP contribution in [0.15, 0.2) is 37.2 Å². The summed E-state index contributed by atoms with van der Waals surface area (Å²) in [7, 11) is 0. The monoisotopic (exact) mass is 1650 g/mol. The molecule has 0 N–H and O–H groups in total. The van der Waals surface area contributed by atoms with Crippen LogP contribution in [-0.4, -0.2) is 90.0 Å². The highest BCUT2D eigenvalue weighted by atomic mass is 15.4. The normalized spacial score (nSPS) is 11.7. The molecule has 0 saturated carbocycles. The Labute approximate surface area is 729 Å². The van der Waals surface area contributed by atoms with Gasteiger partial charge in [-0.1, -0.05) is 364 Å². The Bertz CT molecular complexity index is 2870. The SMILES string of the molecule is CC(C)CCCCCCCc1cnnn1CCC(C)C.CC(C)CCCCCCCc1cnnn1CCC(C)C.CC(C)CCCCCCc1cnnn1CCCC(C)C.CC(C)CCCCCCc1cnnn1CCCC(C)C.CC(C)CCCCCCn1cc(CCC(C)C)nn1.CC(C)CCCCCCn1cc(CCC(C)C)nn1. The lowest BCUT2D eigenvalue weighted by Crippen LogP contribution is -2.07. The first-order valence-corrected chi connectivity index (χ1v) is 49.8. The van der Waals surface area contributed by atoms with Crippen molar-refractivity contribution in [2.45, 2.75) is 501 Å². The average Bonchev–Trinajstić information content (AvgIpc) is 1.80. The Morgan fingerprint density at radius 2 is 0.390 bits per heavy atom. The summed E-state index contributed by atoms with van der Waals surface area (Å²) in [5, 5.41) is 50.0. The molecule has 0 atom stereocenters. The van der Waals surface area contributed by atoms with Gasteiger partial charge in [-0.15, -0.1) is 30.6 Å². The van der Waals surface area contributed by atoms with E-state index in [9.17, 15) is 0 Å². The summed E-state index contributed by atoms with van der Waals surface area (Å²) >= 11 is 0. The van der Waals surface area contributed by atoms with Crippen LogP contribution in [0.2, 0.25) is 0 Å². The fourth-order valence-electron chi connectivity index (χ4n) is 14.3. The fraction of sp³-hybridized carbons (Fsp3) is 0.880. The van der Waals surface area contributed by atoms with Crippen LogP contribution in [0.25, 0.3) is 0 Å². The number of unbranched alkanes of at least 4 members (excludes halogenated alkanes) is 20. The van der Waals surface area contributed by atoms with E-state index >= 15 is 0 Å². The molecule has 6 rings (SSSR count). The third kappa shape index (κ3) is 67.4. The minimum absolute atomic E-state index is 0.730. The molecule has 0 aliphatic carbocycles. The molecule has 0 aliphatic rings. The molecule has 0 radical (unpaired) electrons. The number of aryl methyl sites for hydroxylation is 12. The van der Waals surface area contributed by atoms with Gasteiger partial charge in [-0.05, 0) is 199 Å². The van der Waals surface area contributed by atoms with Crippen LogP contribution in [-0.2, 0) is 77.8 Å². The summed E-state index contributed by atoms with van der Waals surface area (Å²) in [6, 6.07) is 0. The zero-order valence-corrected chi connectivity index (χ0v) is 82.2. The molecule has 0 bridgehead atoms. The van der Waals surface area contributed by atoms with Gasteiger partial charge in [0, 0.05) is 51.7 Å². The van der Waals surface area contributed by atoms with Crippen LogP contribution in [0.3, 0.4) is 0 Å². The van der Waals surface area contributed by atoms with Crippen LogP contribution >= 0.6 is 0 Å². The largest absolute Gasteiger partial charge is 0.252 e. The topological polar surface area (TPSA) is 184 Å². The number of aromatic nitrogens is 18.